The summed E-state index contributed by atoms with van der Waals surface area (Å²) in [6.45, 7) is 1.72. The van der Waals surface area contributed by atoms with Gasteiger partial charge in [-0.15, -0.1) is 11.3 Å². The van der Waals surface area contributed by atoms with Crippen LogP contribution in [0.5, 0.6) is 5.75 Å². The number of nitrogens with one attached hydrogen (secondary N) is 2. The molecule has 1 unspecified atom stereocenters. The molecule has 0 spiro atoms. The van der Waals surface area contributed by atoms with E-state index in [1.165, 1.54) is 17.4 Å². The molecule has 2 aromatic carbocycles. The number of thiazole rings is 1. The minimum atomic E-state index is -0.805. The van der Waals surface area contributed by atoms with E-state index < -0.39 is 17.7 Å². The fraction of sp³-hybridized carbons (Fsp3) is 0.190. The van der Waals surface area contributed by atoms with Gasteiger partial charge in [-0.05, 0) is 31.2 Å². The molecule has 30 heavy (non-hydrogen) atoms. The lowest BCUT2D eigenvalue weighted by Crippen LogP contribution is -2.37. The highest BCUT2D eigenvalue weighted by atomic mass is 32.1. The summed E-state index contributed by atoms with van der Waals surface area (Å²) >= 11 is 1.22. The SMILES string of the molecule is CC(COc1ccc(F)cc1F)NC(=O)Cc1csc(NC(=O)c2ccccc2)n1. The van der Waals surface area contributed by atoms with Gasteiger partial charge >= 0.3 is 0 Å². The first kappa shape index (κ1) is 21.4. The Morgan fingerprint density at radius 2 is 1.93 bits per heavy atom. The average Bonchev–Trinajstić information content (AvgIpc) is 3.14. The lowest BCUT2D eigenvalue weighted by molar-refractivity contribution is -0.121. The zero-order chi connectivity index (χ0) is 21.5. The Hall–Kier alpha value is -3.33. The van der Waals surface area contributed by atoms with Gasteiger partial charge in [-0.1, -0.05) is 18.2 Å². The predicted octanol–water partition coefficient (Wildman–Crippen LogP) is 3.80. The molecule has 0 saturated heterocycles. The number of hydrogen-bond acceptors (Lipinski definition) is 5. The lowest BCUT2D eigenvalue weighted by atomic mass is 10.2. The maximum absolute atomic E-state index is 13.6. The van der Waals surface area contributed by atoms with Crippen LogP contribution >= 0.6 is 11.3 Å². The summed E-state index contributed by atoms with van der Waals surface area (Å²) in [4.78, 5) is 28.6. The van der Waals surface area contributed by atoms with Gasteiger partial charge in [-0.25, -0.2) is 13.8 Å². The molecule has 0 fully saturated rings. The van der Waals surface area contributed by atoms with Crippen LogP contribution in [0.4, 0.5) is 13.9 Å². The van der Waals surface area contributed by atoms with E-state index >= 15 is 0 Å². The van der Waals surface area contributed by atoms with Crippen LogP contribution in [0.1, 0.15) is 23.0 Å². The third-order valence-electron chi connectivity index (χ3n) is 3.94. The fourth-order valence-corrected chi connectivity index (χ4v) is 3.25. The van der Waals surface area contributed by atoms with Crippen molar-refractivity contribution in [1.29, 1.82) is 0 Å². The fourth-order valence-electron chi connectivity index (χ4n) is 2.54. The second-order valence-corrected chi connectivity index (χ2v) is 7.35. The summed E-state index contributed by atoms with van der Waals surface area (Å²) in [5.74, 6) is -2.16. The third-order valence-corrected chi connectivity index (χ3v) is 4.75. The summed E-state index contributed by atoms with van der Waals surface area (Å²) in [6, 6.07) is 11.4. The van der Waals surface area contributed by atoms with E-state index in [2.05, 4.69) is 15.6 Å². The highest BCUT2D eigenvalue weighted by molar-refractivity contribution is 7.14. The van der Waals surface area contributed by atoms with Crippen LogP contribution in [0.15, 0.2) is 53.9 Å². The van der Waals surface area contributed by atoms with Gasteiger partial charge < -0.3 is 10.1 Å². The summed E-state index contributed by atoms with van der Waals surface area (Å²) in [5.41, 5.74) is 1.02. The molecule has 1 heterocycles. The molecule has 3 rings (SSSR count). The largest absolute Gasteiger partial charge is 0.488 e. The smallest absolute Gasteiger partial charge is 0.257 e. The number of halogens is 2. The first-order valence-electron chi connectivity index (χ1n) is 9.08. The van der Waals surface area contributed by atoms with Crippen LogP contribution in [0, 0.1) is 11.6 Å². The maximum atomic E-state index is 13.6. The standard InChI is InChI=1S/C21H19F2N3O3S/c1-13(11-29-18-8-7-15(22)9-17(18)23)24-19(27)10-16-12-30-21(25-16)26-20(28)14-5-3-2-4-6-14/h2-9,12-13H,10-11H2,1H3,(H,24,27)(H,25,26,28). The van der Waals surface area contributed by atoms with Crippen LogP contribution in [0.2, 0.25) is 0 Å². The first-order valence-corrected chi connectivity index (χ1v) is 9.96. The number of nitrogens with zero attached hydrogens (tertiary/aromatic N) is 1. The van der Waals surface area contributed by atoms with Crippen molar-refractivity contribution in [2.24, 2.45) is 0 Å². The van der Waals surface area contributed by atoms with Gasteiger partial charge in [0, 0.05) is 17.0 Å². The Kier molecular flexibility index (Phi) is 7.08. The van der Waals surface area contributed by atoms with Crippen LogP contribution in [0.3, 0.4) is 0 Å². The van der Waals surface area contributed by atoms with E-state index in [0.29, 0.717) is 16.4 Å². The molecule has 6 nitrogen and oxygen atoms in total. The Morgan fingerprint density at radius 1 is 1.17 bits per heavy atom. The number of benzene rings is 2. The van der Waals surface area contributed by atoms with Crippen LogP contribution in [-0.2, 0) is 11.2 Å². The summed E-state index contributed by atoms with van der Waals surface area (Å²) in [5, 5.41) is 7.50. The monoisotopic (exact) mass is 431 g/mol. The number of aromatic nitrogens is 1. The zero-order valence-electron chi connectivity index (χ0n) is 16.0. The van der Waals surface area contributed by atoms with E-state index in [4.69, 9.17) is 4.74 Å². The van der Waals surface area contributed by atoms with E-state index in [-0.39, 0.29) is 30.6 Å². The normalized spacial score (nSPS) is 11.6. The predicted molar refractivity (Wildman–Crippen MR) is 110 cm³/mol. The molecule has 0 aliphatic heterocycles. The van der Waals surface area contributed by atoms with Gasteiger partial charge in [-0.2, -0.15) is 0 Å². The van der Waals surface area contributed by atoms with Crippen molar-refractivity contribution in [3.05, 3.63) is 76.8 Å². The number of rotatable bonds is 8. The highest BCUT2D eigenvalue weighted by Gasteiger charge is 2.14. The van der Waals surface area contributed by atoms with Gasteiger partial charge in [0.2, 0.25) is 5.91 Å². The van der Waals surface area contributed by atoms with Crippen molar-refractivity contribution >= 4 is 28.3 Å². The second kappa shape index (κ2) is 9.93. The van der Waals surface area contributed by atoms with Gasteiger partial charge in [0.1, 0.15) is 12.4 Å². The van der Waals surface area contributed by atoms with Crippen molar-refractivity contribution in [2.75, 3.05) is 11.9 Å². The molecule has 0 saturated carbocycles. The number of anilines is 1. The first-order chi connectivity index (χ1) is 14.4. The molecular formula is C21H19F2N3O3S. The second-order valence-electron chi connectivity index (χ2n) is 6.50. The number of carbonyl (C=O) groups is 2. The van der Waals surface area contributed by atoms with Crippen LogP contribution in [0.25, 0.3) is 0 Å². The Labute approximate surface area is 175 Å². The minimum Gasteiger partial charge on any atom is -0.488 e. The topological polar surface area (TPSA) is 80.3 Å². The molecule has 0 radical (unpaired) electrons. The molecule has 2 amide bonds. The lowest BCUT2D eigenvalue weighted by Gasteiger charge is -2.15. The molecule has 0 aliphatic rings. The van der Waals surface area contributed by atoms with Crippen molar-refractivity contribution in [1.82, 2.24) is 10.3 Å². The van der Waals surface area contributed by atoms with Crippen molar-refractivity contribution < 1.29 is 23.1 Å². The minimum absolute atomic E-state index is 0.0176. The van der Waals surface area contributed by atoms with E-state index in [1.807, 2.05) is 6.07 Å². The average molecular weight is 431 g/mol. The molecule has 0 aliphatic carbocycles. The zero-order valence-corrected chi connectivity index (χ0v) is 16.8. The van der Waals surface area contributed by atoms with Gasteiger partial charge in [-0.3, -0.25) is 14.9 Å². The third kappa shape index (κ3) is 6.08. The van der Waals surface area contributed by atoms with E-state index in [0.717, 1.165) is 12.1 Å². The van der Waals surface area contributed by atoms with Crippen molar-refractivity contribution in [3.8, 4) is 5.75 Å². The van der Waals surface area contributed by atoms with E-state index in [9.17, 15) is 18.4 Å². The van der Waals surface area contributed by atoms with Gasteiger partial charge in [0.15, 0.2) is 16.7 Å². The van der Waals surface area contributed by atoms with E-state index in [1.54, 1.807) is 36.6 Å². The molecule has 3 aromatic rings. The number of amides is 2. The molecule has 1 aromatic heterocycles. The number of carbonyl (C=O) groups excluding carboxylic acids is 2. The maximum Gasteiger partial charge on any atom is 0.257 e. The summed E-state index contributed by atoms with van der Waals surface area (Å²) in [6.07, 6.45) is 0.0208. The molecule has 2 N–H and O–H groups in total. The van der Waals surface area contributed by atoms with Crippen molar-refractivity contribution in [3.63, 3.8) is 0 Å². The molecule has 9 heteroatoms. The molecule has 156 valence electrons. The van der Waals surface area contributed by atoms with Gasteiger partial charge in [0.05, 0.1) is 18.2 Å². The highest BCUT2D eigenvalue weighted by Crippen LogP contribution is 2.18. The number of ether oxygens (including phenoxy) is 1. The quantitative estimate of drug-likeness (QED) is 0.569. The molecule has 1 atom stereocenters. The van der Waals surface area contributed by atoms with Crippen molar-refractivity contribution in [2.45, 2.75) is 19.4 Å². The Morgan fingerprint density at radius 3 is 2.67 bits per heavy atom. The molecular weight excluding hydrogens is 412 g/mol. The van der Waals surface area contributed by atoms with Gasteiger partial charge in [0.25, 0.3) is 5.91 Å². The Balaban J connectivity index is 1.46. The summed E-state index contributed by atoms with van der Waals surface area (Å²) < 4.78 is 31.7. The molecule has 0 bridgehead atoms. The number of hydrogen-bond donors (Lipinski definition) is 2. The Bertz CT molecular complexity index is 1030. The van der Waals surface area contributed by atoms with Crippen LogP contribution < -0.4 is 15.4 Å². The summed E-state index contributed by atoms with van der Waals surface area (Å²) in [7, 11) is 0. The van der Waals surface area contributed by atoms with Crippen LogP contribution in [-0.4, -0.2) is 29.4 Å².